The van der Waals surface area contributed by atoms with Crippen molar-refractivity contribution in [3.63, 3.8) is 0 Å². The molecule has 0 saturated heterocycles. The number of anilines is 2. The molecule has 360 valence electrons. The number of aryl methyl sites for hydroxylation is 1. The Morgan fingerprint density at radius 1 is 0.738 bits per heavy atom. The molecule has 0 radical (unpaired) electrons. The summed E-state index contributed by atoms with van der Waals surface area (Å²) >= 11 is 14.7. The number of carbonyl (C=O) groups is 3. The van der Waals surface area contributed by atoms with Crippen LogP contribution in [-0.2, 0) is 44.4 Å². The highest BCUT2D eigenvalue weighted by atomic mass is 35.5. The van der Waals surface area contributed by atoms with Crippen LogP contribution in [0, 0.1) is 0 Å². The molecule has 20 heteroatoms. The Labute approximate surface area is 394 Å². The van der Waals surface area contributed by atoms with Gasteiger partial charge in [0.1, 0.15) is 16.2 Å². The number of likely N-dealkylation sites (N-methyl/N-ethyl adjacent to an activating group) is 1. The quantitative estimate of drug-likeness (QED) is 0.0650. The van der Waals surface area contributed by atoms with Crippen LogP contribution in [0.25, 0.3) is 0 Å². The summed E-state index contributed by atoms with van der Waals surface area (Å²) in [5.41, 5.74) is 1.25. The Bertz CT molecular complexity index is 1930. The van der Waals surface area contributed by atoms with Gasteiger partial charge in [0.05, 0.1) is 116 Å². The summed E-state index contributed by atoms with van der Waals surface area (Å²) in [7, 11) is 1.72. The maximum absolute atomic E-state index is 13.9. The number of amides is 3. The van der Waals surface area contributed by atoms with Crippen molar-refractivity contribution in [2.24, 2.45) is 0 Å². The smallest absolute Gasteiger partial charge is 0.272 e. The number of nitrogens with one attached hydrogen (secondary N) is 1. The fraction of sp³-hybridized carbons (Fsp3) is 0.578. The number of benzene rings is 2. The topological polar surface area (TPSA) is 198 Å². The molecule has 3 aromatic rings. The molecule has 4 N–H and O–H groups in total. The van der Waals surface area contributed by atoms with Crippen LogP contribution < -0.4 is 19.9 Å². The van der Waals surface area contributed by atoms with Crippen molar-refractivity contribution in [1.29, 1.82) is 0 Å². The number of nitrogens with zero attached hydrogens (tertiary/aromatic N) is 3. The van der Waals surface area contributed by atoms with E-state index >= 15 is 0 Å². The molecule has 2 heterocycles. The van der Waals surface area contributed by atoms with Gasteiger partial charge in [0.25, 0.3) is 5.91 Å². The van der Waals surface area contributed by atoms with Crippen molar-refractivity contribution in [3.8, 4) is 11.5 Å². The van der Waals surface area contributed by atoms with Crippen LogP contribution in [-0.4, -0.2) is 175 Å². The third-order valence-corrected chi connectivity index (χ3v) is 12.2. The summed E-state index contributed by atoms with van der Waals surface area (Å²) in [6.07, 6.45) is 2.98. The monoisotopic (exact) mass is 968 g/mol. The third kappa shape index (κ3) is 16.6. The number of aliphatic hydroxyl groups is 3. The Morgan fingerprint density at radius 2 is 1.31 bits per heavy atom. The lowest BCUT2D eigenvalue weighted by Gasteiger charge is -2.37. The van der Waals surface area contributed by atoms with Gasteiger partial charge >= 0.3 is 0 Å². The second-order valence-electron chi connectivity index (χ2n) is 15.5. The van der Waals surface area contributed by atoms with Crippen molar-refractivity contribution >= 4 is 63.6 Å². The summed E-state index contributed by atoms with van der Waals surface area (Å²) < 4.78 is 39.1. The number of halogens is 2. The van der Waals surface area contributed by atoms with Crippen LogP contribution in [0.2, 0.25) is 10.0 Å². The molecule has 1 aromatic heterocycles. The van der Waals surface area contributed by atoms with E-state index in [9.17, 15) is 29.7 Å². The van der Waals surface area contributed by atoms with Crippen molar-refractivity contribution in [2.45, 2.75) is 43.7 Å². The molecule has 65 heavy (non-hydrogen) atoms. The number of aliphatic hydroxyl groups excluding tert-OH is 3. The third-order valence-electron chi connectivity index (χ3n) is 10.7. The first kappa shape index (κ1) is 52.3. The highest BCUT2D eigenvalue weighted by Gasteiger charge is 2.36. The zero-order chi connectivity index (χ0) is 46.4. The van der Waals surface area contributed by atoms with E-state index in [-0.39, 0.29) is 37.9 Å². The van der Waals surface area contributed by atoms with Gasteiger partial charge in [0.2, 0.25) is 11.8 Å². The molecule has 1 aliphatic carbocycles. The number of fused-ring (bicyclic) bond motifs is 1. The van der Waals surface area contributed by atoms with E-state index in [1.165, 1.54) is 24.2 Å². The summed E-state index contributed by atoms with van der Waals surface area (Å²) in [5, 5.41) is 32.7. The standard InChI is InChI=1S/C45H62Cl2N4O13S/c1-49(14-16-59-18-20-61-22-24-63-26-25-62-23-21-60-19-17-58-15-10-41(55)48-45(30-52,31-53)32-54)42(56)9-6-33-28-36(47)40(29-35(33)46)64-39-11-27-65-43(39)44(57)51-13-12-50(34-7-8-34)37-4-2-3-5-38(37)51/h2-5,11,27-29,34,52-54H,6-10,12-26,30-32H2,1H3,(H,48,55). The summed E-state index contributed by atoms with van der Waals surface area (Å²) in [4.78, 5) is 45.0. The van der Waals surface area contributed by atoms with E-state index in [0.29, 0.717) is 124 Å². The van der Waals surface area contributed by atoms with Crippen molar-refractivity contribution in [2.75, 3.05) is 136 Å². The van der Waals surface area contributed by atoms with Crippen molar-refractivity contribution < 1.29 is 62.9 Å². The molecule has 0 bridgehead atoms. The molecule has 1 saturated carbocycles. The van der Waals surface area contributed by atoms with Crippen LogP contribution >= 0.6 is 34.5 Å². The number of thiophene rings is 1. The maximum Gasteiger partial charge on any atom is 0.272 e. The van der Waals surface area contributed by atoms with E-state index in [2.05, 4.69) is 16.3 Å². The number of rotatable bonds is 32. The normalized spacial score (nSPS) is 13.8. The summed E-state index contributed by atoms with van der Waals surface area (Å²) in [6.45, 7) is 4.27. The predicted octanol–water partition coefficient (Wildman–Crippen LogP) is 4.19. The van der Waals surface area contributed by atoms with Gasteiger partial charge in [-0.2, -0.15) is 0 Å². The highest BCUT2D eigenvalue weighted by molar-refractivity contribution is 7.12. The van der Waals surface area contributed by atoms with Crippen LogP contribution in [0.4, 0.5) is 11.4 Å². The SMILES string of the molecule is CN(CCOCCOCCOCCOCCOCCOCCC(=O)NC(CO)(CO)CO)C(=O)CCc1cc(Cl)c(Oc2ccsc2C(=O)N2CCN(C3CC3)c3ccccc32)cc1Cl. The Balaban J connectivity index is 0.856. The lowest BCUT2D eigenvalue weighted by Crippen LogP contribution is -2.57. The van der Waals surface area contributed by atoms with E-state index in [1.54, 1.807) is 30.1 Å². The molecule has 0 atom stereocenters. The van der Waals surface area contributed by atoms with Gasteiger partial charge < -0.3 is 68.5 Å². The van der Waals surface area contributed by atoms with E-state index < -0.39 is 31.3 Å². The second-order valence-corrected chi connectivity index (χ2v) is 17.2. The Hall–Kier alpha value is -3.63. The molecule has 2 aliphatic rings. The predicted molar refractivity (Wildman–Crippen MR) is 247 cm³/mol. The fourth-order valence-corrected chi connectivity index (χ4v) is 7.96. The van der Waals surface area contributed by atoms with Crippen LogP contribution in [0.15, 0.2) is 47.8 Å². The first-order valence-electron chi connectivity index (χ1n) is 21.8. The zero-order valence-corrected chi connectivity index (χ0v) is 39.2. The number of ether oxygens (including phenoxy) is 7. The van der Waals surface area contributed by atoms with Gasteiger partial charge in [-0.05, 0) is 54.5 Å². The van der Waals surface area contributed by atoms with Gasteiger partial charge in [0, 0.05) is 56.7 Å². The van der Waals surface area contributed by atoms with Crippen LogP contribution in [0.3, 0.4) is 0 Å². The van der Waals surface area contributed by atoms with E-state index in [1.807, 2.05) is 28.5 Å². The fourth-order valence-electron chi connectivity index (χ4n) is 6.73. The molecular formula is C45H62Cl2N4O13S. The van der Waals surface area contributed by atoms with Crippen LogP contribution in [0.1, 0.15) is 40.9 Å². The maximum atomic E-state index is 13.9. The first-order chi connectivity index (χ1) is 31.6. The molecule has 5 rings (SSSR count). The largest absolute Gasteiger partial charge is 0.454 e. The molecule has 0 spiro atoms. The number of hydrogen-bond donors (Lipinski definition) is 4. The zero-order valence-electron chi connectivity index (χ0n) is 36.9. The Kier molecular flexibility index (Phi) is 22.4. The van der Waals surface area contributed by atoms with Crippen LogP contribution in [0.5, 0.6) is 11.5 Å². The minimum Gasteiger partial charge on any atom is -0.454 e. The average molecular weight is 970 g/mol. The van der Waals surface area contributed by atoms with Gasteiger partial charge in [-0.15, -0.1) is 11.3 Å². The van der Waals surface area contributed by atoms with E-state index in [4.69, 9.17) is 56.4 Å². The number of para-hydroxylation sites is 2. The summed E-state index contributed by atoms with van der Waals surface area (Å²) in [6, 6.07) is 13.7. The molecular weight excluding hydrogens is 907 g/mol. The minimum absolute atomic E-state index is 0.0113. The molecule has 1 aliphatic heterocycles. The summed E-state index contributed by atoms with van der Waals surface area (Å²) in [5.74, 6) is 0.0890. The first-order valence-corrected chi connectivity index (χ1v) is 23.5. The minimum atomic E-state index is -1.45. The average Bonchev–Trinajstić information content (AvgIpc) is 4.06. The molecule has 2 aromatic carbocycles. The number of carbonyl (C=O) groups excluding carboxylic acids is 3. The molecule has 3 amide bonds. The van der Waals surface area contributed by atoms with Gasteiger partial charge in [-0.25, -0.2) is 0 Å². The lowest BCUT2D eigenvalue weighted by molar-refractivity contribution is -0.130. The second kappa shape index (κ2) is 27.9. The van der Waals surface area contributed by atoms with E-state index in [0.717, 1.165) is 17.9 Å². The van der Waals surface area contributed by atoms with Gasteiger partial charge in [-0.3, -0.25) is 14.4 Å². The lowest BCUT2D eigenvalue weighted by atomic mass is 10.0. The molecule has 17 nitrogen and oxygen atoms in total. The number of hydrogen-bond acceptors (Lipinski definition) is 15. The molecule has 1 fully saturated rings. The van der Waals surface area contributed by atoms with Gasteiger partial charge in [-0.1, -0.05) is 35.3 Å². The van der Waals surface area contributed by atoms with Gasteiger partial charge in [0.15, 0.2) is 5.75 Å². The molecule has 0 unspecified atom stereocenters. The Morgan fingerprint density at radius 3 is 1.89 bits per heavy atom. The van der Waals surface area contributed by atoms with Crippen molar-refractivity contribution in [1.82, 2.24) is 10.2 Å². The van der Waals surface area contributed by atoms with Crippen molar-refractivity contribution in [3.05, 3.63) is 68.3 Å². The highest BCUT2D eigenvalue weighted by Crippen LogP contribution is 2.42.